The highest BCUT2D eigenvalue weighted by Gasteiger charge is 2.18. The van der Waals surface area contributed by atoms with Crippen LogP contribution in [0, 0.1) is 6.92 Å². The predicted octanol–water partition coefficient (Wildman–Crippen LogP) is 3.20. The molecule has 0 aliphatic rings. The molecule has 6 heteroatoms. The highest BCUT2D eigenvalue weighted by molar-refractivity contribution is 7.21. The van der Waals surface area contributed by atoms with Gasteiger partial charge < -0.3 is 15.2 Å². The number of carbonyl (C=O) groups is 2. The van der Waals surface area contributed by atoms with Crippen molar-refractivity contribution in [3.8, 4) is 5.75 Å². The van der Waals surface area contributed by atoms with E-state index >= 15 is 0 Å². The SMILES string of the molecule is COc1ccc2sc(C(=O)NC(C)CCC(=O)O)c(C)c2c1. The van der Waals surface area contributed by atoms with E-state index in [4.69, 9.17) is 9.84 Å². The average Bonchev–Trinajstić information content (AvgIpc) is 2.82. The van der Waals surface area contributed by atoms with Gasteiger partial charge in [0.2, 0.25) is 0 Å². The number of nitrogens with one attached hydrogen (secondary N) is 1. The number of rotatable bonds is 6. The lowest BCUT2D eigenvalue weighted by molar-refractivity contribution is -0.137. The minimum absolute atomic E-state index is 0.0457. The number of carboxylic acid groups (broad SMARTS) is 1. The third-order valence-electron chi connectivity index (χ3n) is 3.52. The average molecular weight is 321 g/mol. The van der Waals surface area contributed by atoms with Crippen molar-refractivity contribution in [2.45, 2.75) is 32.7 Å². The Labute approximate surface area is 132 Å². The molecule has 0 aliphatic heterocycles. The summed E-state index contributed by atoms with van der Waals surface area (Å²) in [4.78, 5) is 23.6. The van der Waals surface area contributed by atoms with Crippen LogP contribution in [0.1, 0.15) is 35.0 Å². The van der Waals surface area contributed by atoms with Crippen molar-refractivity contribution in [1.82, 2.24) is 5.32 Å². The molecule has 1 heterocycles. The molecule has 1 atom stereocenters. The first-order chi connectivity index (χ1) is 10.4. The van der Waals surface area contributed by atoms with E-state index in [9.17, 15) is 9.59 Å². The molecule has 5 nitrogen and oxygen atoms in total. The summed E-state index contributed by atoms with van der Waals surface area (Å²) in [5.74, 6) is -0.253. The second-order valence-corrected chi connectivity index (χ2v) is 6.28. The van der Waals surface area contributed by atoms with Crippen molar-refractivity contribution in [2.75, 3.05) is 7.11 Å². The van der Waals surface area contributed by atoms with Gasteiger partial charge in [-0.15, -0.1) is 11.3 Å². The van der Waals surface area contributed by atoms with Gasteiger partial charge in [-0.3, -0.25) is 9.59 Å². The quantitative estimate of drug-likeness (QED) is 0.856. The second kappa shape index (κ2) is 6.79. The van der Waals surface area contributed by atoms with Crippen molar-refractivity contribution < 1.29 is 19.4 Å². The number of aryl methyl sites for hydroxylation is 1. The number of hydrogen-bond donors (Lipinski definition) is 2. The highest BCUT2D eigenvalue weighted by atomic mass is 32.1. The molecule has 1 aromatic carbocycles. The molecule has 0 aliphatic carbocycles. The van der Waals surface area contributed by atoms with Gasteiger partial charge in [0, 0.05) is 17.2 Å². The summed E-state index contributed by atoms with van der Waals surface area (Å²) in [7, 11) is 1.61. The van der Waals surface area contributed by atoms with Gasteiger partial charge in [-0.05, 0) is 49.4 Å². The minimum Gasteiger partial charge on any atom is -0.497 e. The third-order valence-corrected chi connectivity index (χ3v) is 4.79. The number of aliphatic carboxylic acids is 1. The predicted molar refractivity (Wildman–Crippen MR) is 86.9 cm³/mol. The molecular formula is C16H19NO4S. The first-order valence-electron chi connectivity index (χ1n) is 7.02. The van der Waals surface area contributed by atoms with Crippen LogP contribution < -0.4 is 10.1 Å². The number of fused-ring (bicyclic) bond motifs is 1. The van der Waals surface area contributed by atoms with Gasteiger partial charge in [-0.2, -0.15) is 0 Å². The van der Waals surface area contributed by atoms with Crippen LogP contribution in [-0.2, 0) is 4.79 Å². The molecule has 0 fully saturated rings. The van der Waals surface area contributed by atoms with Gasteiger partial charge in [0.15, 0.2) is 0 Å². The molecule has 0 spiro atoms. The van der Waals surface area contributed by atoms with Crippen molar-refractivity contribution in [2.24, 2.45) is 0 Å². The van der Waals surface area contributed by atoms with Crippen LogP contribution in [0.2, 0.25) is 0 Å². The number of ether oxygens (including phenoxy) is 1. The summed E-state index contributed by atoms with van der Waals surface area (Å²) in [5.41, 5.74) is 0.918. The summed E-state index contributed by atoms with van der Waals surface area (Å²) in [6.45, 7) is 3.72. The van der Waals surface area contributed by atoms with Gasteiger partial charge in [-0.1, -0.05) is 0 Å². The Morgan fingerprint density at radius 3 is 2.77 bits per heavy atom. The van der Waals surface area contributed by atoms with Crippen LogP contribution in [-0.4, -0.2) is 30.1 Å². The maximum absolute atomic E-state index is 12.4. The number of carboxylic acids is 1. The number of carbonyl (C=O) groups excluding carboxylic acids is 1. The summed E-state index contributed by atoms with van der Waals surface area (Å²) in [6, 6.07) is 5.56. The number of benzene rings is 1. The first kappa shape index (κ1) is 16.3. The molecular weight excluding hydrogens is 302 g/mol. The van der Waals surface area contributed by atoms with Gasteiger partial charge in [0.05, 0.1) is 12.0 Å². The molecule has 1 amide bonds. The Balaban J connectivity index is 2.17. The fourth-order valence-electron chi connectivity index (χ4n) is 2.25. The van der Waals surface area contributed by atoms with E-state index in [-0.39, 0.29) is 18.4 Å². The van der Waals surface area contributed by atoms with Crippen LogP contribution in [0.15, 0.2) is 18.2 Å². The number of thiophene rings is 1. The van der Waals surface area contributed by atoms with Gasteiger partial charge in [-0.25, -0.2) is 0 Å². The van der Waals surface area contributed by atoms with Crippen LogP contribution in [0.5, 0.6) is 5.75 Å². The van der Waals surface area contributed by atoms with Crippen LogP contribution in [0.4, 0.5) is 0 Å². The summed E-state index contributed by atoms with van der Waals surface area (Å²) in [5, 5.41) is 12.5. The van der Waals surface area contributed by atoms with Crippen molar-refractivity contribution in [3.05, 3.63) is 28.6 Å². The topological polar surface area (TPSA) is 75.6 Å². The lowest BCUT2D eigenvalue weighted by atomic mass is 10.1. The summed E-state index contributed by atoms with van der Waals surface area (Å²) < 4.78 is 6.24. The molecule has 2 aromatic rings. The molecule has 0 radical (unpaired) electrons. The summed E-state index contributed by atoms with van der Waals surface area (Å²) in [6.07, 6.45) is 0.461. The second-order valence-electron chi connectivity index (χ2n) is 5.23. The smallest absolute Gasteiger partial charge is 0.303 e. The van der Waals surface area contributed by atoms with E-state index in [1.165, 1.54) is 11.3 Å². The lowest BCUT2D eigenvalue weighted by Gasteiger charge is -2.12. The lowest BCUT2D eigenvalue weighted by Crippen LogP contribution is -2.32. The van der Waals surface area contributed by atoms with Crippen molar-refractivity contribution >= 4 is 33.3 Å². The van der Waals surface area contributed by atoms with E-state index in [0.717, 1.165) is 21.4 Å². The zero-order valence-electron chi connectivity index (χ0n) is 12.8. The minimum atomic E-state index is -0.855. The molecule has 0 saturated carbocycles. The molecule has 1 unspecified atom stereocenters. The van der Waals surface area contributed by atoms with Crippen LogP contribution >= 0.6 is 11.3 Å². The Bertz CT molecular complexity index is 707. The Morgan fingerprint density at radius 2 is 2.14 bits per heavy atom. The zero-order valence-corrected chi connectivity index (χ0v) is 13.6. The maximum Gasteiger partial charge on any atom is 0.303 e. The fraction of sp³-hybridized carbons (Fsp3) is 0.375. The first-order valence-corrected chi connectivity index (χ1v) is 7.83. The molecule has 0 bridgehead atoms. The van der Waals surface area contributed by atoms with E-state index in [2.05, 4.69) is 5.32 Å². The molecule has 2 rings (SSSR count). The van der Waals surface area contributed by atoms with E-state index < -0.39 is 5.97 Å². The van der Waals surface area contributed by atoms with E-state index in [0.29, 0.717) is 11.3 Å². The van der Waals surface area contributed by atoms with E-state index in [1.807, 2.05) is 32.0 Å². The molecule has 118 valence electrons. The zero-order chi connectivity index (χ0) is 16.3. The van der Waals surface area contributed by atoms with E-state index in [1.54, 1.807) is 7.11 Å². The number of hydrogen-bond acceptors (Lipinski definition) is 4. The molecule has 2 N–H and O–H groups in total. The maximum atomic E-state index is 12.4. The molecule has 0 saturated heterocycles. The van der Waals surface area contributed by atoms with Gasteiger partial charge >= 0.3 is 5.97 Å². The fourth-order valence-corrected chi connectivity index (χ4v) is 3.34. The number of methoxy groups -OCH3 is 1. The molecule has 22 heavy (non-hydrogen) atoms. The number of amides is 1. The summed E-state index contributed by atoms with van der Waals surface area (Å²) >= 11 is 1.43. The Morgan fingerprint density at radius 1 is 1.41 bits per heavy atom. The van der Waals surface area contributed by atoms with Crippen molar-refractivity contribution in [3.63, 3.8) is 0 Å². The Hall–Kier alpha value is -2.08. The van der Waals surface area contributed by atoms with Crippen LogP contribution in [0.3, 0.4) is 0 Å². The monoisotopic (exact) mass is 321 g/mol. The normalized spacial score (nSPS) is 12.1. The largest absolute Gasteiger partial charge is 0.497 e. The van der Waals surface area contributed by atoms with Gasteiger partial charge in [0.25, 0.3) is 5.91 Å². The van der Waals surface area contributed by atoms with Crippen LogP contribution in [0.25, 0.3) is 10.1 Å². The molecule has 1 aromatic heterocycles. The Kier molecular flexibility index (Phi) is 5.03. The van der Waals surface area contributed by atoms with Gasteiger partial charge in [0.1, 0.15) is 5.75 Å². The van der Waals surface area contributed by atoms with Crippen molar-refractivity contribution in [1.29, 1.82) is 0 Å². The third kappa shape index (κ3) is 3.57. The standard InChI is InChI=1S/C16H19NO4S/c1-9(4-7-14(18)19)17-16(20)15-10(2)12-8-11(21-3)5-6-13(12)22-15/h5-6,8-9H,4,7H2,1-3H3,(H,17,20)(H,18,19). The highest BCUT2D eigenvalue weighted by Crippen LogP contribution is 2.33.